The zero-order valence-electron chi connectivity index (χ0n) is 18.3. The molecule has 2 aromatic carbocycles. The van der Waals surface area contributed by atoms with Gasteiger partial charge in [-0.1, -0.05) is 24.3 Å². The predicted molar refractivity (Wildman–Crippen MR) is 125 cm³/mol. The van der Waals surface area contributed by atoms with E-state index in [9.17, 15) is 18.0 Å². The number of aromatic nitrogens is 5. The first-order chi connectivity index (χ1) is 16.7. The Hall–Kier alpha value is -4.61. The van der Waals surface area contributed by atoms with Crippen LogP contribution < -0.4 is 16.4 Å². The van der Waals surface area contributed by atoms with E-state index in [1.165, 1.54) is 17.0 Å². The highest BCUT2D eigenvalue weighted by Crippen LogP contribution is 2.33. The number of rotatable bonds is 5. The average molecular weight is 480 g/mol. The third kappa shape index (κ3) is 4.21. The minimum atomic E-state index is -4.54. The second-order valence-corrected chi connectivity index (χ2v) is 7.84. The highest BCUT2D eigenvalue weighted by molar-refractivity contribution is 6.07. The predicted octanol–water partition coefficient (Wildman–Crippen LogP) is 3.90. The third-order valence-electron chi connectivity index (χ3n) is 5.51. The Balaban J connectivity index is 1.51. The standard InChI is InChI=1S/C23H19F3N8O/c1-33-17-5-3-2-4-16(17)32-22(33)31-14-8-6-13(7-9-14)18-15(21(35)28-11-23(24,25)26)10-34-19(18)20(27)29-12-30-34/h2-10,12H,11H2,1H3,(H,28,35)(H,31,32)(H2,27,29,30). The number of anilines is 3. The van der Waals surface area contributed by atoms with Crippen molar-refractivity contribution in [2.75, 3.05) is 17.6 Å². The van der Waals surface area contributed by atoms with Gasteiger partial charge in [-0.3, -0.25) is 4.79 Å². The summed E-state index contributed by atoms with van der Waals surface area (Å²) in [5, 5.41) is 9.20. The molecule has 0 aliphatic heterocycles. The molecule has 0 spiro atoms. The highest BCUT2D eigenvalue weighted by atomic mass is 19.4. The number of hydrogen-bond acceptors (Lipinski definition) is 6. The van der Waals surface area contributed by atoms with Crippen LogP contribution >= 0.6 is 0 Å². The summed E-state index contributed by atoms with van der Waals surface area (Å²) < 4.78 is 41.2. The number of fused-ring (bicyclic) bond motifs is 2. The normalized spacial score (nSPS) is 11.8. The topological polar surface area (TPSA) is 115 Å². The molecule has 9 nitrogen and oxygen atoms in total. The van der Waals surface area contributed by atoms with E-state index in [4.69, 9.17) is 5.73 Å². The van der Waals surface area contributed by atoms with Crippen LogP contribution in [0.15, 0.2) is 61.1 Å². The summed E-state index contributed by atoms with van der Waals surface area (Å²) >= 11 is 0. The molecule has 0 saturated carbocycles. The fourth-order valence-electron chi connectivity index (χ4n) is 3.88. The molecule has 5 aromatic rings. The highest BCUT2D eigenvalue weighted by Gasteiger charge is 2.29. The van der Waals surface area contributed by atoms with Crippen LogP contribution in [0.5, 0.6) is 0 Å². The van der Waals surface area contributed by atoms with Crippen molar-refractivity contribution in [1.82, 2.24) is 29.5 Å². The largest absolute Gasteiger partial charge is 0.405 e. The molecule has 0 saturated heterocycles. The lowest BCUT2D eigenvalue weighted by atomic mass is 10.0. The van der Waals surface area contributed by atoms with Gasteiger partial charge in [0, 0.05) is 24.5 Å². The van der Waals surface area contributed by atoms with Crippen molar-refractivity contribution in [1.29, 1.82) is 0 Å². The van der Waals surface area contributed by atoms with Gasteiger partial charge in [-0.2, -0.15) is 18.3 Å². The number of nitrogens with one attached hydrogen (secondary N) is 2. The Morgan fingerprint density at radius 3 is 2.57 bits per heavy atom. The van der Waals surface area contributed by atoms with E-state index in [0.29, 0.717) is 22.6 Å². The lowest BCUT2D eigenvalue weighted by Crippen LogP contribution is -2.33. The zero-order chi connectivity index (χ0) is 24.7. The summed E-state index contributed by atoms with van der Waals surface area (Å²) in [5.41, 5.74) is 9.78. The number of nitrogens with zero attached hydrogens (tertiary/aromatic N) is 5. The molecular formula is C23H19F3N8O. The van der Waals surface area contributed by atoms with Crippen LogP contribution in [0.4, 0.5) is 30.6 Å². The van der Waals surface area contributed by atoms with Gasteiger partial charge < -0.3 is 20.9 Å². The van der Waals surface area contributed by atoms with E-state index in [0.717, 1.165) is 16.7 Å². The Morgan fingerprint density at radius 1 is 1.11 bits per heavy atom. The molecule has 0 aliphatic rings. The zero-order valence-corrected chi connectivity index (χ0v) is 18.3. The number of carbonyl (C=O) groups is 1. The van der Waals surface area contributed by atoms with Gasteiger partial charge in [0.2, 0.25) is 5.95 Å². The lowest BCUT2D eigenvalue weighted by molar-refractivity contribution is -0.123. The molecule has 0 atom stereocenters. The SMILES string of the molecule is Cn1c(Nc2ccc(-c3c(C(=O)NCC(F)(F)F)cn4ncnc(N)c34)cc2)nc2ccccc21. The van der Waals surface area contributed by atoms with Crippen LogP contribution in [-0.2, 0) is 7.05 Å². The number of para-hydroxylation sites is 2. The van der Waals surface area contributed by atoms with Crippen LogP contribution in [0.1, 0.15) is 10.4 Å². The first-order valence-electron chi connectivity index (χ1n) is 10.5. The summed E-state index contributed by atoms with van der Waals surface area (Å²) in [6.45, 7) is -1.46. The monoisotopic (exact) mass is 480 g/mol. The molecule has 0 aliphatic carbocycles. The molecule has 3 aromatic heterocycles. The van der Waals surface area contributed by atoms with Crippen LogP contribution in [0.2, 0.25) is 0 Å². The Morgan fingerprint density at radius 2 is 1.86 bits per heavy atom. The summed E-state index contributed by atoms with van der Waals surface area (Å²) in [6.07, 6.45) is -2.01. The first-order valence-corrected chi connectivity index (χ1v) is 10.5. The third-order valence-corrected chi connectivity index (χ3v) is 5.51. The number of nitrogens with two attached hydrogens (primary N) is 1. The van der Waals surface area contributed by atoms with E-state index in [1.54, 1.807) is 24.3 Å². The van der Waals surface area contributed by atoms with Gasteiger partial charge in [-0.15, -0.1) is 0 Å². The summed E-state index contributed by atoms with van der Waals surface area (Å²) in [6, 6.07) is 14.7. The Bertz CT molecular complexity index is 1550. The molecule has 3 heterocycles. The minimum absolute atomic E-state index is 0.00231. The van der Waals surface area contributed by atoms with Crippen molar-refractivity contribution in [2.24, 2.45) is 7.05 Å². The second-order valence-electron chi connectivity index (χ2n) is 7.84. The molecule has 12 heteroatoms. The number of hydrogen-bond donors (Lipinski definition) is 3. The molecule has 0 radical (unpaired) electrons. The number of aryl methyl sites for hydroxylation is 1. The number of carbonyl (C=O) groups excluding carboxylic acids is 1. The molecule has 0 bridgehead atoms. The molecule has 0 fully saturated rings. The average Bonchev–Trinajstić information content (AvgIpc) is 3.37. The number of alkyl halides is 3. The van der Waals surface area contributed by atoms with Crippen LogP contribution in [0, 0.1) is 0 Å². The van der Waals surface area contributed by atoms with Gasteiger partial charge >= 0.3 is 6.18 Å². The fourth-order valence-corrected chi connectivity index (χ4v) is 3.88. The van der Waals surface area contributed by atoms with Gasteiger partial charge in [0.1, 0.15) is 18.4 Å². The molecular weight excluding hydrogens is 461 g/mol. The van der Waals surface area contributed by atoms with E-state index in [2.05, 4.69) is 20.4 Å². The molecule has 4 N–H and O–H groups in total. The minimum Gasteiger partial charge on any atom is -0.382 e. The molecule has 5 rings (SSSR count). The van der Waals surface area contributed by atoms with Crippen LogP contribution in [-0.4, -0.2) is 42.8 Å². The fraction of sp³-hybridized carbons (Fsp3) is 0.130. The van der Waals surface area contributed by atoms with Crippen LogP contribution in [0.3, 0.4) is 0 Å². The van der Waals surface area contributed by atoms with E-state index in [-0.39, 0.29) is 11.4 Å². The van der Waals surface area contributed by atoms with Crippen molar-refractivity contribution in [3.05, 3.63) is 66.6 Å². The van der Waals surface area contributed by atoms with Gasteiger partial charge in [-0.25, -0.2) is 14.5 Å². The summed E-state index contributed by atoms with van der Waals surface area (Å²) in [4.78, 5) is 21.2. The van der Waals surface area contributed by atoms with Crippen molar-refractivity contribution < 1.29 is 18.0 Å². The van der Waals surface area contributed by atoms with Gasteiger partial charge in [0.25, 0.3) is 5.91 Å². The number of benzene rings is 2. The second kappa shape index (κ2) is 8.31. The smallest absolute Gasteiger partial charge is 0.382 e. The number of imidazole rings is 1. The van der Waals surface area contributed by atoms with Gasteiger partial charge in [0.05, 0.1) is 16.6 Å². The van der Waals surface area contributed by atoms with Crippen molar-refractivity contribution >= 4 is 39.9 Å². The maximum atomic E-state index is 12.7. The Labute approximate surface area is 196 Å². The maximum absolute atomic E-state index is 12.7. The van der Waals surface area contributed by atoms with Crippen molar-refractivity contribution in [2.45, 2.75) is 6.18 Å². The van der Waals surface area contributed by atoms with Crippen LogP contribution in [0.25, 0.3) is 27.7 Å². The van der Waals surface area contributed by atoms with Gasteiger partial charge in [0.15, 0.2) is 5.82 Å². The van der Waals surface area contributed by atoms with E-state index < -0.39 is 18.6 Å². The van der Waals surface area contributed by atoms with E-state index >= 15 is 0 Å². The van der Waals surface area contributed by atoms with Gasteiger partial charge in [-0.05, 0) is 29.8 Å². The van der Waals surface area contributed by atoms with E-state index in [1.807, 2.05) is 41.2 Å². The quantitative estimate of drug-likeness (QED) is 0.352. The number of nitrogen functional groups attached to an aromatic ring is 1. The summed E-state index contributed by atoms with van der Waals surface area (Å²) in [5.74, 6) is -0.172. The molecule has 178 valence electrons. The first kappa shape index (κ1) is 22.2. The number of amides is 1. The summed E-state index contributed by atoms with van der Waals surface area (Å²) in [7, 11) is 1.90. The van der Waals surface area contributed by atoms with Crippen molar-refractivity contribution in [3.8, 4) is 11.1 Å². The lowest BCUT2D eigenvalue weighted by Gasteiger charge is -2.10. The maximum Gasteiger partial charge on any atom is 0.405 e. The number of halogens is 3. The van der Waals surface area contributed by atoms with Crippen molar-refractivity contribution in [3.63, 3.8) is 0 Å². The molecule has 1 amide bonds. The molecule has 0 unspecified atom stereocenters. The molecule has 35 heavy (non-hydrogen) atoms. The Kier molecular flexibility index (Phi) is 5.27.